The van der Waals surface area contributed by atoms with E-state index in [1.807, 2.05) is 4.90 Å². The lowest BCUT2D eigenvalue weighted by atomic mass is 9.83. The zero-order valence-electron chi connectivity index (χ0n) is 13.4. The van der Waals surface area contributed by atoms with E-state index < -0.39 is 0 Å². The molecule has 1 aliphatic heterocycles. The Morgan fingerprint density at radius 2 is 1.82 bits per heavy atom. The Hall–Kier alpha value is -1.77. The lowest BCUT2D eigenvalue weighted by Gasteiger charge is -2.37. The Kier molecular flexibility index (Phi) is 4.51. The van der Waals surface area contributed by atoms with Crippen LogP contribution in [0.5, 0.6) is 0 Å². The monoisotopic (exact) mass is 299 g/mol. The molecule has 0 radical (unpaired) electrons. The quantitative estimate of drug-likeness (QED) is 0.627. The summed E-state index contributed by atoms with van der Waals surface area (Å²) in [7, 11) is 0. The van der Waals surface area contributed by atoms with Gasteiger partial charge in [-0.25, -0.2) is 4.79 Å². The van der Waals surface area contributed by atoms with E-state index in [1.54, 1.807) is 0 Å². The van der Waals surface area contributed by atoms with E-state index in [4.69, 9.17) is 4.74 Å². The lowest BCUT2D eigenvalue weighted by Crippen LogP contribution is -2.45. The molecule has 1 saturated heterocycles. The lowest BCUT2D eigenvalue weighted by molar-refractivity contribution is 0.0835. The molecule has 2 aliphatic rings. The summed E-state index contributed by atoms with van der Waals surface area (Å²) < 4.78 is 5.40. The van der Waals surface area contributed by atoms with Gasteiger partial charge in [-0.3, -0.25) is 0 Å². The Bertz CT molecular complexity index is 529. The van der Waals surface area contributed by atoms with Crippen molar-refractivity contribution in [2.24, 2.45) is 11.8 Å². The van der Waals surface area contributed by atoms with E-state index in [-0.39, 0.29) is 6.09 Å². The molecule has 1 aromatic carbocycles. The maximum atomic E-state index is 12.3. The van der Waals surface area contributed by atoms with E-state index >= 15 is 0 Å². The fourth-order valence-corrected chi connectivity index (χ4v) is 3.60. The third kappa shape index (κ3) is 3.03. The summed E-state index contributed by atoms with van der Waals surface area (Å²) >= 11 is 0. The number of hydrogen-bond acceptors (Lipinski definition) is 2. The maximum Gasteiger partial charge on any atom is 0.409 e. The van der Waals surface area contributed by atoms with Gasteiger partial charge in [-0.2, -0.15) is 0 Å². The number of carbonyl (C=O) groups excluding carboxylic acids is 1. The molecule has 2 bridgehead atoms. The number of nitrogens with zero attached hydrogens (tertiary/aromatic N) is 1. The highest BCUT2D eigenvalue weighted by Crippen LogP contribution is 2.36. The number of ether oxygens (including phenoxy) is 1. The van der Waals surface area contributed by atoms with Crippen LogP contribution in [0.15, 0.2) is 36.4 Å². The third-order valence-corrected chi connectivity index (χ3v) is 4.96. The Morgan fingerprint density at radius 3 is 2.36 bits per heavy atom. The molecule has 22 heavy (non-hydrogen) atoms. The number of hydrogen-bond donors (Lipinski definition) is 0. The Morgan fingerprint density at radius 1 is 1.23 bits per heavy atom. The SMILES string of the molecule is C=C1C2Cc3ccccc3CC1CN(C(=O)OCCCC)C2. The molecule has 3 heteroatoms. The first-order valence-corrected chi connectivity index (χ1v) is 8.36. The second kappa shape index (κ2) is 6.55. The van der Waals surface area contributed by atoms with Gasteiger partial charge in [-0.1, -0.05) is 49.8 Å². The summed E-state index contributed by atoms with van der Waals surface area (Å²) in [4.78, 5) is 14.2. The van der Waals surface area contributed by atoms with Gasteiger partial charge in [0.05, 0.1) is 6.61 Å². The molecule has 3 nitrogen and oxygen atoms in total. The number of benzene rings is 1. The van der Waals surface area contributed by atoms with E-state index in [2.05, 4.69) is 37.8 Å². The zero-order chi connectivity index (χ0) is 15.5. The smallest absolute Gasteiger partial charge is 0.409 e. The van der Waals surface area contributed by atoms with E-state index in [1.165, 1.54) is 16.7 Å². The number of fused-ring (bicyclic) bond motifs is 3. The first-order chi connectivity index (χ1) is 10.7. The second-order valence-electron chi connectivity index (χ2n) is 6.52. The van der Waals surface area contributed by atoms with Crippen molar-refractivity contribution in [1.29, 1.82) is 0 Å². The van der Waals surface area contributed by atoms with Crippen LogP contribution in [0.4, 0.5) is 4.79 Å². The Labute approximate surface area is 133 Å². The summed E-state index contributed by atoms with van der Waals surface area (Å²) in [6, 6.07) is 8.64. The fraction of sp³-hybridized carbons (Fsp3) is 0.526. The van der Waals surface area contributed by atoms with Gasteiger partial charge < -0.3 is 9.64 Å². The van der Waals surface area contributed by atoms with Crippen molar-refractivity contribution >= 4 is 6.09 Å². The van der Waals surface area contributed by atoms with Gasteiger partial charge >= 0.3 is 6.09 Å². The second-order valence-corrected chi connectivity index (χ2v) is 6.52. The summed E-state index contributed by atoms with van der Waals surface area (Å²) in [6.07, 6.45) is 3.81. The number of likely N-dealkylation sites (tertiary alicyclic amines) is 1. The summed E-state index contributed by atoms with van der Waals surface area (Å²) in [6.45, 7) is 8.45. The number of rotatable bonds is 3. The van der Waals surface area contributed by atoms with Gasteiger partial charge in [-0.05, 0) is 30.4 Å². The van der Waals surface area contributed by atoms with Crippen LogP contribution in [0, 0.1) is 11.8 Å². The fourth-order valence-electron chi connectivity index (χ4n) is 3.60. The van der Waals surface area contributed by atoms with E-state index in [9.17, 15) is 4.79 Å². The van der Waals surface area contributed by atoms with Gasteiger partial charge in [0.15, 0.2) is 0 Å². The standard InChI is InChI=1S/C19H25NO2/c1-3-4-9-22-19(21)20-12-17-10-15-7-5-6-8-16(15)11-18(13-20)14(17)2/h5-8,17-18H,2-4,9-13H2,1H3. The van der Waals surface area contributed by atoms with Crippen LogP contribution in [-0.2, 0) is 17.6 Å². The van der Waals surface area contributed by atoms with Crippen molar-refractivity contribution in [3.05, 3.63) is 47.5 Å². The molecule has 0 aromatic heterocycles. The van der Waals surface area contributed by atoms with Gasteiger partial charge in [0.25, 0.3) is 0 Å². The first kappa shape index (κ1) is 15.1. The summed E-state index contributed by atoms with van der Waals surface area (Å²) in [5.41, 5.74) is 4.14. The van der Waals surface area contributed by atoms with Crippen molar-refractivity contribution in [1.82, 2.24) is 4.90 Å². The third-order valence-electron chi connectivity index (χ3n) is 4.96. The molecule has 1 aliphatic carbocycles. The van der Waals surface area contributed by atoms with Crippen molar-refractivity contribution in [3.8, 4) is 0 Å². The largest absolute Gasteiger partial charge is 0.449 e. The minimum atomic E-state index is -0.151. The molecule has 3 rings (SSSR count). The molecule has 118 valence electrons. The maximum absolute atomic E-state index is 12.3. The van der Waals surface area contributed by atoms with Crippen molar-refractivity contribution in [3.63, 3.8) is 0 Å². The number of piperidine rings is 1. The number of amides is 1. The van der Waals surface area contributed by atoms with Gasteiger partial charge in [-0.15, -0.1) is 0 Å². The van der Waals surface area contributed by atoms with Crippen LogP contribution in [-0.4, -0.2) is 30.7 Å². The highest BCUT2D eigenvalue weighted by Gasteiger charge is 2.36. The van der Waals surface area contributed by atoms with Crippen LogP contribution >= 0.6 is 0 Å². The molecular formula is C19H25NO2. The summed E-state index contributed by atoms with van der Waals surface area (Å²) in [5, 5.41) is 0. The molecule has 2 atom stereocenters. The van der Waals surface area contributed by atoms with Gasteiger partial charge in [0.1, 0.15) is 0 Å². The van der Waals surface area contributed by atoms with Gasteiger partial charge in [0, 0.05) is 24.9 Å². The van der Waals surface area contributed by atoms with Crippen molar-refractivity contribution in [2.45, 2.75) is 32.6 Å². The first-order valence-electron chi connectivity index (χ1n) is 8.36. The molecule has 1 fully saturated rings. The van der Waals surface area contributed by atoms with Gasteiger partial charge in [0.2, 0.25) is 0 Å². The predicted molar refractivity (Wildman–Crippen MR) is 87.8 cm³/mol. The molecule has 0 N–H and O–H groups in total. The van der Waals surface area contributed by atoms with Crippen molar-refractivity contribution < 1.29 is 9.53 Å². The molecule has 2 unspecified atom stereocenters. The average Bonchev–Trinajstić information content (AvgIpc) is 2.59. The average molecular weight is 299 g/mol. The Balaban J connectivity index is 1.73. The topological polar surface area (TPSA) is 29.5 Å². The molecule has 0 saturated carbocycles. The van der Waals surface area contributed by atoms with E-state index in [0.29, 0.717) is 18.4 Å². The minimum Gasteiger partial charge on any atom is -0.449 e. The molecule has 0 spiro atoms. The molecule has 1 heterocycles. The van der Waals surface area contributed by atoms with Crippen LogP contribution < -0.4 is 0 Å². The van der Waals surface area contributed by atoms with Crippen LogP contribution in [0.25, 0.3) is 0 Å². The minimum absolute atomic E-state index is 0.151. The predicted octanol–water partition coefficient (Wildman–Crippen LogP) is 3.83. The van der Waals surface area contributed by atoms with Crippen LogP contribution in [0.2, 0.25) is 0 Å². The number of unbranched alkanes of at least 4 members (excludes halogenated alkanes) is 1. The van der Waals surface area contributed by atoms with Crippen LogP contribution in [0.3, 0.4) is 0 Å². The zero-order valence-corrected chi connectivity index (χ0v) is 13.4. The molecular weight excluding hydrogens is 274 g/mol. The number of carbonyl (C=O) groups is 1. The molecule has 1 amide bonds. The van der Waals surface area contributed by atoms with E-state index in [0.717, 1.165) is 38.8 Å². The van der Waals surface area contributed by atoms with Crippen molar-refractivity contribution in [2.75, 3.05) is 19.7 Å². The molecule has 1 aromatic rings. The van der Waals surface area contributed by atoms with Crippen LogP contribution in [0.1, 0.15) is 30.9 Å². The highest BCUT2D eigenvalue weighted by atomic mass is 16.6. The summed E-state index contributed by atoms with van der Waals surface area (Å²) in [5.74, 6) is 0.724. The highest BCUT2D eigenvalue weighted by molar-refractivity contribution is 5.68. The normalized spacial score (nSPS) is 23.7.